The van der Waals surface area contributed by atoms with Crippen molar-refractivity contribution < 1.29 is 4.79 Å². The highest BCUT2D eigenvalue weighted by molar-refractivity contribution is 5.83. The number of hydrogen-bond acceptors (Lipinski definition) is 3. The van der Waals surface area contributed by atoms with Gasteiger partial charge in [-0.3, -0.25) is 4.79 Å². The van der Waals surface area contributed by atoms with Crippen molar-refractivity contribution in [2.75, 3.05) is 23.7 Å². The Balaban J connectivity index is 2.68. The Hall–Kier alpha value is -1.71. The standard InChI is InChI=1S/C16H27N3O/c1-4-8-13(3)18-16(20)12-19(11-5-2)15-10-7-6-9-14(15)17/h6-7,9-10,13H,4-5,8,11-12,17H2,1-3H3,(H,18,20). The summed E-state index contributed by atoms with van der Waals surface area (Å²) < 4.78 is 0. The fraction of sp³-hybridized carbons (Fsp3) is 0.562. The zero-order valence-electron chi connectivity index (χ0n) is 12.9. The van der Waals surface area contributed by atoms with Crippen LogP contribution >= 0.6 is 0 Å². The Morgan fingerprint density at radius 2 is 2.00 bits per heavy atom. The van der Waals surface area contributed by atoms with Gasteiger partial charge >= 0.3 is 0 Å². The van der Waals surface area contributed by atoms with Gasteiger partial charge in [-0.2, -0.15) is 0 Å². The molecule has 0 radical (unpaired) electrons. The van der Waals surface area contributed by atoms with Gasteiger partial charge in [0.15, 0.2) is 0 Å². The Morgan fingerprint density at radius 1 is 1.30 bits per heavy atom. The minimum Gasteiger partial charge on any atom is -0.397 e. The summed E-state index contributed by atoms with van der Waals surface area (Å²) in [5.74, 6) is 0.0580. The van der Waals surface area contributed by atoms with Gasteiger partial charge in [0.2, 0.25) is 5.91 Å². The van der Waals surface area contributed by atoms with E-state index in [1.54, 1.807) is 0 Å². The Labute approximate surface area is 122 Å². The van der Waals surface area contributed by atoms with Crippen LogP contribution < -0.4 is 16.0 Å². The van der Waals surface area contributed by atoms with E-state index in [1.807, 2.05) is 36.1 Å². The lowest BCUT2D eigenvalue weighted by Gasteiger charge is -2.26. The molecule has 112 valence electrons. The van der Waals surface area contributed by atoms with Crippen molar-refractivity contribution in [3.8, 4) is 0 Å². The Kier molecular flexibility index (Phi) is 6.91. The largest absolute Gasteiger partial charge is 0.397 e. The predicted molar refractivity (Wildman–Crippen MR) is 85.9 cm³/mol. The molecule has 0 saturated carbocycles. The second-order valence-corrected chi connectivity index (χ2v) is 5.24. The van der Waals surface area contributed by atoms with Crippen LogP contribution in [0.1, 0.15) is 40.0 Å². The maximum Gasteiger partial charge on any atom is 0.239 e. The molecule has 0 fully saturated rings. The maximum absolute atomic E-state index is 12.1. The van der Waals surface area contributed by atoms with E-state index in [2.05, 4.69) is 19.2 Å². The fourth-order valence-electron chi connectivity index (χ4n) is 2.33. The van der Waals surface area contributed by atoms with Gasteiger partial charge in [0.25, 0.3) is 0 Å². The molecule has 0 heterocycles. The summed E-state index contributed by atoms with van der Waals surface area (Å²) in [5, 5.41) is 3.04. The molecular weight excluding hydrogens is 250 g/mol. The number of amides is 1. The summed E-state index contributed by atoms with van der Waals surface area (Å²) in [5.41, 5.74) is 7.66. The average Bonchev–Trinajstić information content (AvgIpc) is 2.39. The number of nitrogen functional groups attached to an aromatic ring is 1. The molecule has 0 aliphatic carbocycles. The van der Waals surface area contributed by atoms with E-state index >= 15 is 0 Å². The van der Waals surface area contributed by atoms with Crippen LogP contribution in [0.2, 0.25) is 0 Å². The number of para-hydroxylation sites is 2. The molecule has 1 amide bonds. The number of carbonyl (C=O) groups excluding carboxylic acids is 1. The highest BCUT2D eigenvalue weighted by Gasteiger charge is 2.14. The third-order valence-electron chi connectivity index (χ3n) is 3.23. The van der Waals surface area contributed by atoms with Crippen molar-refractivity contribution in [3.63, 3.8) is 0 Å². The Bertz CT molecular complexity index is 420. The molecule has 0 saturated heterocycles. The summed E-state index contributed by atoms with van der Waals surface area (Å²) >= 11 is 0. The molecule has 20 heavy (non-hydrogen) atoms. The number of nitrogens with two attached hydrogens (primary N) is 1. The SMILES string of the molecule is CCCC(C)NC(=O)CN(CCC)c1ccccc1N. The van der Waals surface area contributed by atoms with Crippen LogP contribution in [0.4, 0.5) is 11.4 Å². The number of carbonyl (C=O) groups is 1. The lowest BCUT2D eigenvalue weighted by molar-refractivity contribution is -0.120. The molecule has 1 atom stereocenters. The van der Waals surface area contributed by atoms with Crippen LogP contribution in [0.5, 0.6) is 0 Å². The molecule has 0 aromatic heterocycles. The fourth-order valence-corrected chi connectivity index (χ4v) is 2.33. The quantitative estimate of drug-likeness (QED) is 0.718. The number of nitrogens with zero attached hydrogens (tertiary/aromatic N) is 1. The van der Waals surface area contributed by atoms with Gasteiger partial charge in [0.1, 0.15) is 0 Å². The van der Waals surface area contributed by atoms with E-state index in [1.165, 1.54) is 0 Å². The molecule has 3 N–H and O–H groups in total. The second-order valence-electron chi connectivity index (χ2n) is 5.24. The third kappa shape index (κ3) is 5.11. The van der Waals surface area contributed by atoms with Crippen molar-refractivity contribution in [2.24, 2.45) is 0 Å². The van der Waals surface area contributed by atoms with Crippen molar-refractivity contribution in [3.05, 3.63) is 24.3 Å². The van der Waals surface area contributed by atoms with Crippen molar-refractivity contribution in [2.45, 2.75) is 46.1 Å². The molecule has 1 unspecified atom stereocenters. The zero-order valence-corrected chi connectivity index (χ0v) is 12.9. The first-order chi connectivity index (χ1) is 9.58. The van der Waals surface area contributed by atoms with Crippen LogP contribution in [-0.2, 0) is 4.79 Å². The molecule has 0 aliphatic rings. The van der Waals surface area contributed by atoms with E-state index in [0.717, 1.165) is 37.2 Å². The molecular formula is C16H27N3O. The van der Waals surface area contributed by atoms with E-state index in [4.69, 9.17) is 5.73 Å². The number of benzene rings is 1. The van der Waals surface area contributed by atoms with Gasteiger partial charge in [-0.05, 0) is 31.9 Å². The first-order valence-electron chi connectivity index (χ1n) is 7.47. The second kappa shape index (κ2) is 8.46. The molecule has 1 aromatic rings. The summed E-state index contributed by atoms with van der Waals surface area (Å²) in [7, 11) is 0. The van der Waals surface area contributed by atoms with Crippen molar-refractivity contribution >= 4 is 17.3 Å². The minimum atomic E-state index is 0.0580. The van der Waals surface area contributed by atoms with Gasteiger partial charge in [-0.1, -0.05) is 32.4 Å². The van der Waals surface area contributed by atoms with E-state index in [0.29, 0.717) is 6.54 Å². The first-order valence-corrected chi connectivity index (χ1v) is 7.47. The third-order valence-corrected chi connectivity index (χ3v) is 3.23. The van der Waals surface area contributed by atoms with Crippen LogP contribution in [0, 0.1) is 0 Å². The predicted octanol–water partition coefficient (Wildman–Crippen LogP) is 2.79. The van der Waals surface area contributed by atoms with Gasteiger partial charge in [0, 0.05) is 12.6 Å². The maximum atomic E-state index is 12.1. The van der Waals surface area contributed by atoms with Crippen LogP contribution in [0.25, 0.3) is 0 Å². The number of hydrogen-bond donors (Lipinski definition) is 2. The molecule has 0 spiro atoms. The molecule has 0 bridgehead atoms. The van der Waals surface area contributed by atoms with Gasteiger partial charge in [-0.25, -0.2) is 0 Å². The highest BCUT2D eigenvalue weighted by atomic mass is 16.2. The van der Waals surface area contributed by atoms with E-state index in [9.17, 15) is 4.79 Å². The van der Waals surface area contributed by atoms with Crippen LogP contribution in [0.3, 0.4) is 0 Å². The Morgan fingerprint density at radius 3 is 2.60 bits per heavy atom. The van der Waals surface area contributed by atoms with Crippen molar-refractivity contribution in [1.82, 2.24) is 5.32 Å². The monoisotopic (exact) mass is 277 g/mol. The number of rotatable bonds is 8. The number of anilines is 2. The number of nitrogens with one attached hydrogen (secondary N) is 1. The van der Waals surface area contributed by atoms with Gasteiger partial charge < -0.3 is 16.0 Å². The summed E-state index contributed by atoms with van der Waals surface area (Å²) in [6.45, 7) is 7.45. The average molecular weight is 277 g/mol. The molecule has 4 nitrogen and oxygen atoms in total. The summed E-state index contributed by atoms with van der Waals surface area (Å²) in [6, 6.07) is 7.92. The molecule has 0 aliphatic heterocycles. The summed E-state index contributed by atoms with van der Waals surface area (Å²) in [4.78, 5) is 14.1. The summed E-state index contributed by atoms with van der Waals surface area (Å²) in [6.07, 6.45) is 3.06. The van der Waals surface area contributed by atoms with E-state index < -0.39 is 0 Å². The lowest BCUT2D eigenvalue weighted by atomic mass is 10.2. The minimum absolute atomic E-state index is 0.0580. The highest BCUT2D eigenvalue weighted by Crippen LogP contribution is 2.22. The van der Waals surface area contributed by atoms with Crippen molar-refractivity contribution in [1.29, 1.82) is 0 Å². The molecule has 1 aromatic carbocycles. The van der Waals surface area contributed by atoms with Gasteiger partial charge in [0.05, 0.1) is 17.9 Å². The normalized spacial score (nSPS) is 11.9. The molecule has 1 rings (SSSR count). The zero-order chi connectivity index (χ0) is 15.0. The van der Waals surface area contributed by atoms with Crippen LogP contribution in [-0.4, -0.2) is 25.0 Å². The smallest absolute Gasteiger partial charge is 0.239 e. The van der Waals surface area contributed by atoms with Gasteiger partial charge in [-0.15, -0.1) is 0 Å². The lowest BCUT2D eigenvalue weighted by Crippen LogP contribution is -2.41. The topological polar surface area (TPSA) is 58.4 Å². The van der Waals surface area contributed by atoms with E-state index in [-0.39, 0.29) is 11.9 Å². The molecule has 4 heteroatoms. The first kappa shape index (κ1) is 16.3. The van der Waals surface area contributed by atoms with Crippen LogP contribution in [0.15, 0.2) is 24.3 Å².